The molecule has 0 atom stereocenters. The minimum absolute atomic E-state index is 0.104. The quantitative estimate of drug-likeness (QED) is 0.321. The Morgan fingerprint density at radius 2 is 1.96 bits per heavy atom. The molecule has 0 spiro atoms. The van der Waals surface area contributed by atoms with Crippen LogP contribution in [0.25, 0.3) is 10.9 Å². The number of para-hydroxylation sites is 1. The first-order valence-corrected chi connectivity index (χ1v) is 9.87. The largest absolute Gasteiger partial charge is 0.324 e. The van der Waals surface area contributed by atoms with Crippen LogP contribution in [0.4, 0.5) is 5.69 Å². The summed E-state index contributed by atoms with van der Waals surface area (Å²) < 4.78 is 0. The third-order valence-corrected chi connectivity index (χ3v) is 5.74. The molecule has 0 saturated carbocycles. The number of fused-ring (bicyclic) bond motifs is 1. The summed E-state index contributed by atoms with van der Waals surface area (Å²) in [6.07, 6.45) is 2.67. The van der Waals surface area contributed by atoms with Gasteiger partial charge in [0.05, 0.1) is 21.2 Å². The van der Waals surface area contributed by atoms with E-state index in [1.54, 1.807) is 24.2 Å². The highest BCUT2D eigenvalue weighted by molar-refractivity contribution is 7.99. The minimum atomic E-state index is -0.104. The molecular weight excluding hydrogens is 389 g/mol. The Labute approximate surface area is 166 Å². The van der Waals surface area contributed by atoms with Gasteiger partial charge >= 0.3 is 0 Å². The summed E-state index contributed by atoms with van der Waals surface area (Å²) in [7, 11) is 0. The van der Waals surface area contributed by atoms with Gasteiger partial charge in [0.1, 0.15) is 11.4 Å². The van der Waals surface area contributed by atoms with Crippen LogP contribution < -0.4 is 5.32 Å². The number of nitrogens with one attached hydrogen (secondary N) is 1. The van der Waals surface area contributed by atoms with Crippen molar-refractivity contribution >= 4 is 57.5 Å². The summed E-state index contributed by atoms with van der Waals surface area (Å²) in [5.41, 5.74) is 2.27. The highest BCUT2D eigenvalue weighted by Gasteiger charge is 2.12. The van der Waals surface area contributed by atoms with Gasteiger partial charge < -0.3 is 5.32 Å². The Balaban J connectivity index is 1.54. The van der Waals surface area contributed by atoms with Crippen LogP contribution in [-0.2, 0) is 4.79 Å². The van der Waals surface area contributed by atoms with Gasteiger partial charge in [0, 0.05) is 17.6 Å². The Hall–Kier alpha value is -1.82. The number of aromatic nitrogens is 2. The van der Waals surface area contributed by atoms with Crippen molar-refractivity contribution in [2.75, 3.05) is 11.1 Å². The number of carbonyl (C=O) groups is 1. The number of halogens is 2. The molecule has 3 aromatic rings. The second-order valence-corrected chi connectivity index (χ2v) is 7.62. The average Bonchev–Trinajstić information content (AvgIpc) is 2.65. The van der Waals surface area contributed by atoms with Crippen LogP contribution in [0.15, 0.2) is 47.8 Å². The van der Waals surface area contributed by atoms with Crippen molar-refractivity contribution in [3.63, 3.8) is 0 Å². The van der Waals surface area contributed by atoms with Crippen LogP contribution in [-0.4, -0.2) is 21.6 Å². The van der Waals surface area contributed by atoms with Gasteiger partial charge in [0.15, 0.2) is 0 Å². The predicted molar refractivity (Wildman–Crippen MR) is 109 cm³/mol. The number of thioether (sulfide) groups is 1. The maximum Gasteiger partial charge on any atom is 0.224 e. The van der Waals surface area contributed by atoms with Gasteiger partial charge in [-0.05, 0) is 31.0 Å². The topological polar surface area (TPSA) is 54.9 Å². The minimum Gasteiger partial charge on any atom is -0.324 e. The highest BCUT2D eigenvalue weighted by atomic mass is 35.5. The summed E-state index contributed by atoms with van der Waals surface area (Å²) in [5, 5.41) is 5.69. The van der Waals surface area contributed by atoms with E-state index in [1.165, 1.54) is 0 Å². The van der Waals surface area contributed by atoms with Crippen molar-refractivity contribution in [1.29, 1.82) is 0 Å². The molecule has 0 bridgehead atoms. The van der Waals surface area contributed by atoms with Gasteiger partial charge in [-0.3, -0.25) is 4.79 Å². The van der Waals surface area contributed by atoms with Gasteiger partial charge in [-0.15, -0.1) is 11.8 Å². The maximum absolute atomic E-state index is 12.2. The van der Waals surface area contributed by atoms with Crippen LogP contribution in [0.2, 0.25) is 10.0 Å². The fourth-order valence-electron chi connectivity index (χ4n) is 2.47. The van der Waals surface area contributed by atoms with Crippen molar-refractivity contribution in [2.45, 2.75) is 24.8 Å². The van der Waals surface area contributed by atoms with E-state index in [4.69, 9.17) is 23.2 Å². The van der Waals surface area contributed by atoms with E-state index in [-0.39, 0.29) is 5.91 Å². The van der Waals surface area contributed by atoms with Crippen molar-refractivity contribution in [3.8, 4) is 0 Å². The fraction of sp³-hybridized carbons (Fsp3) is 0.211. The number of anilines is 1. The van der Waals surface area contributed by atoms with Crippen LogP contribution in [0.5, 0.6) is 0 Å². The molecule has 1 amide bonds. The predicted octanol–water partition coefficient (Wildman–Crippen LogP) is 5.76. The Morgan fingerprint density at radius 3 is 2.81 bits per heavy atom. The molecule has 0 radical (unpaired) electrons. The molecule has 26 heavy (non-hydrogen) atoms. The molecule has 1 N–H and O–H groups in total. The summed E-state index contributed by atoms with van der Waals surface area (Å²) in [5.74, 6) is 0.677. The lowest BCUT2D eigenvalue weighted by Crippen LogP contribution is -2.12. The number of rotatable bonds is 6. The van der Waals surface area contributed by atoms with Gasteiger partial charge in [0.2, 0.25) is 5.91 Å². The van der Waals surface area contributed by atoms with Gasteiger partial charge in [0.25, 0.3) is 0 Å². The van der Waals surface area contributed by atoms with E-state index in [0.717, 1.165) is 33.7 Å². The van der Waals surface area contributed by atoms with Crippen molar-refractivity contribution < 1.29 is 4.79 Å². The molecule has 4 nitrogen and oxygen atoms in total. The second kappa shape index (κ2) is 8.71. The van der Waals surface area contributed by atoms with E-state index in [9.17, 15) is 4.79 Å². The van der Waals surface area contributed by atoms with Crippen LogP contribution in [0.1, 0.15) is 18.4 Å². The SMILES string of the molecule is Cc1ccc(Cl)c(NC(=O)CCCSc2ncnc3ccccc23)c1Cl. The molecular formula is C19H17Cl2N3OS. The third kappa shape index (κ3) is 4.47. The first-order valence-electron chi connectivity index (χ1n) is 8.13. The van der Waals surface area contributed by atoms with E-state index < -0.39 is 0 Å². The lowest BCUT2D eigenvalue weighted by molar-refractivity contribution is -0.116. The zero-order valence-electron chi connectivity index (χ0n) is 14.1. The molecule has 134 valence electrons. The van der Waals surface area contributed by atoms with Crippen LogP contribution in [0.3, 0.4) is 0 Å². The Morgan fingerprint density at radius 1 is 1.15 bits per heavy atom. The number of carbonyl (C=O) groups excluding carboxylic acids is 1. The standard InChI is InChI=1S/C19H17Cl2N3OS/c1-12-8-9-14(20)18(17(12)21)24-16(25)7-4-10-26-19-13-5-2-3-6-15(13)22-11-23-19/h2-3,5-6,8-9,11H,4,7,10H2,1H3,(H,24,25). The molecule has 2 aromatic carbocycles. The average molecular weight is 406 g/mol. The Kier molecular flexibility index (Phi) is 6.35. The van der Waals surface area contributed by atoms with Gasteiger partial charge in [-0.1, -0.05) is 47.5 Å². The normalized spacial score (nSPS) is 10.9. The first kappa shape index (κ1) is 19.0. The summed E-state index contributed by atoms with van der Waals surface area (Å²) in [6.45, 7) is 1.87. The van der Waals surface area contributed by atoms with E-state index in [2.05, 4.69) is 15.3 Å². The summed E-state index contributed by atoms with van der Waals surface area (Å²) >= 11 is 14.0. The number of aryl methyl sites for hydroxylation is 1. The first-order chi connectivity index (χ1) is 12.6. The highest BCUT2D eigenvalue weighted by Crippen LogP contribution is 2.33. The number of hydrogen-bond donors (Lipinski definition) is 1. The van der Waals surface area contributed by atoms with Gasteiger partial charge in [-0.2, -0.15) is 0 Å². The third-order valence-electron chi connectivity index (χ3n) is 3.84. The number of nitrogens with zero attached hydrogens (tertiary/aromatic N) is 2. The molecule has 0 aliphatic heterocycles. The summed E-state index contributed by atoms with van der Waals surface area (Å²) in [4.78, 5) is 20.8. The van der Waals surface area contributed by atoms with Crippen LogP contribution >= 0.6 is 35.0 Å². The number of hydrogen-bond acceptors (Lipinski definition) is 4. The molecule has 1 heterocycles. The molecule has 0 saturated heterocycles. The Bertz CT molecular complexity index is 944. The lowest BCUT2D eigenvalue weighted by Gasteiger charge is -2.11. The fourth-order valence-corrected chi connectivity index (χ4v) is 3.87. The van der Waals surface area contributed by atoms with Crippen molar-refractivity contribution in [1.82, 2.24) is 9.97 Å². The smallest absolute Gasteiger partial charge is 0.224 e. The second-order valence-electron chi connectivity index (χ2n) is 5.75. The zero-order valence-corrected chi connectivity index (χ0v) is 16.5. The van der Waals surface area contributed by atoms with Crippen LogP contribution in [0, 0.1) is 6.92 Å². The number of benzene rings is 2. The van der Waals surface area contributed by atoms with Gasteiger partial charge in [-0.25, -0.2) is 9.97 Å². The molecule has 1 aromatic heterocycles. The zero-order chi connectivity index (χ0) is 18.5. The lowest BCUT2D eigenvalue weighted by atomic mass is 10.2. The monoisotopic (exact) mass is 405 g/mol. The molecule has 3 rings (SSSR count). The van der Waals surface area contributed by atoms with E-state index >= 15 is 0 Å². The number of amides is 1. The van der Waals surface area contributed by atoms with E-state index in [0.29, 0.717) is 22.2 Å². The van der Waals surface area contributed by atoms with E-state index in [1.807, 2.05) is 37.3 Å². The molecule has 0 aliphatic rings. The molecule has 0 unspecified atom stereocenters. The molecule has 0 fully saturated rings. The summed E-state index contributed by atoms with van der Waals surface area (Å²) in [6, 6.07) is 11.4. The molecule has 0 aliphatic carbocycles. The van der Waals surface area contributed by atoms with Crippen molar-refractivity contribution in [3.05, 3.63) is 58.3 Å². The van der Waals surface area contributed by atoms with Crippen molar-refractivity contribution in [2.24, 2.45) is 0 Å². The maximum atomic E-state index is 12.2. The molecule has 7 heteroatoms.